The molecule has 0 bridgehead atoms. The lowest BCUT2D eigenvalue weighted by Gasteiger charge is -2.47. The summed E-state index contributed by atoms with van der Waals surface area (Å²) in [5.41, 5.74) is -0.699. The van der Waals surface area contributed by atoms with Crippen LogP contribution in [0.3, 0.4) is 0 Å². The van der Waals surface area contributed by atoms with Gasteiger partial charge in [0, 0.05) is 12.0 Å². The molecule has 2 saturated heterocycles. The van der Waals surface area contributed by atoms with Gasteiger partial charge in [-0.1, -0.05) is 0 Å². The Labute approximate surface area is 139 Å². The summed E-state index contributed by atoms with van der Waals surface area (Å²) < 4.78 is 65.6. The largest absolute Gasteiger partial charge is 0.492 e. The Morgan fingerprint density at radius 2 is 1.67 bits per heavy atom. The van der Waals surface area contributed by atoms with Crippen molar-refractivity contribution in [3.05, 3.63) is 29.8 Å². The number of nitrogens with zero attached hydrogens (tertiary/aromatic N) is 1. The third-order valence-electron chi connectivity index (χ3n) is 4.83. The second-order valence-corrected chi connectivity index (χ2v) is 8.81. The normalized spacial score (nSPS) is 23.0. The fourth-order valence-corrected chi connectivity index (χ4v) is 5.82. The van der Waals surface area contributed by atoms with Crippen molar-refractivity contribution in [2.24, 2.45) is 5.41 Å². The van der Waals surface area contributed by atoms with Crippen LogP contribution in [0.5, 0.6) is 5.75 Å². The highest BCUT2D eigenvalue weighted by molar-refractivity contribution is 7.92. The SMILES string of the molecule is O=S1(=O)CC2(CCN(CCOc3ccc(C(F)(F)F)cc3)CC2)C1. The van der Waals surface area contributed by atoms with E-state index in [2.05, 4.69) is 4.90 Å². The Morgan fingerprint density at radius 3 is 2.17 bits per heavy atom. The summed E-state index contributed by atoms with van der Waals surface area (Å²) in [6.07, 6.45) is -2.57. The summed E-state index contributed by atoms with van der Waals surface area (Å²) in [7, 11) is -2.80. The minimum Gasteiger partial charge on any atom is -0.492 e. The molecule has 0 unspecified atom stereocenters. The number of hydrogen-bond acceptors (Lipinski definition) is 4. The number of likely N-dealkylation sites (tertiary alicyclic amines) is 1. The van der Waals surface area contributed by atoms with Gasteiger partial charge in [0.15, 0.2) is 9.84 Å². The highest BCUT2D eigenvalue weighted by atomic mass is 32.2. The highest BCUT2D eigenvalue weighted by Crippen LogP contribution is 2.42. The monoisotopic (exact) mass is 363 g/mol. The molecule has 0 amide bonds. The summed E-state index contributed by atoms with van der Waals surface area (Å²) in [6, 6.07) is 4.68. The van der Waals surface area contributed by atoms with Crippen molar-refractivity contribution in [3.8, 4) is 5.75 Å². The zero-order valence-corrected chi connectivity index (χ0v) is 14.0. The number of hydrogen-bond donors (Lipinski definition) is 0. The van der Waals surface area contributed by atoms with E-state index in [9.17, 15) is 21.6 Å². The third kappa shape index (κ3) is 4.03. The molecule has 24 heavy (non-hydrogen) atoms. The fourth-order valence-electron chi connectivity index (χ4n) is 3.46. The summed E-state index contributed by atoms with van der Waals surface area (Å²) in [4.78, 5) is 2.21. The maximum Gasteiger partial charge on any atom is 0.416 e. The lowest BCUT2D eigenvalue weighted by atomic mass is 9.81. The molecule has 3 rings (SSSR count). The zero-order chi connectivity index (χ0) is 17.4. The van der Waals surface area contributed by atoms with Crippen LogP contribution in [0, 0.1) is 5.41 Å². The van der Waals surface area contributed by atoms with Crippen molar-refractivity contribution < 1.29 is 26.3 Å². The van der Waals surface area contributed by atoms with E-state index in [0.29, 0.717) is 30.4 Å². The topological polar surface area (TPSA) is 46.6 Å². The second-order valence-electron chi connectivity index (χ2n) is 6.74. The standard InChI is InChI=1S/C16H20F3NO3S/c17-16(18,19)13-1-3-14(4-2-13)23-10-9-20-7-5-15(6-8-20)11-24(21,22)12-15/h1-4H,5-12H2. The predicted octanol–water partition coefficient (Wildman–Crippen LogP) is 2.59. The molecular formula is C16H20F3NO3S. The molecule has 1 spiro atoms. The van der Waals surface area contributed by atoms with E-state index in [1.54, 1.807) is 0 Å². The number of alkyl halides is 3. The van der Waals surface area contributed by atoms with Gasteiger partial charge in [-0.3, -0.25) is 4.90 Å². The Morgan fingerprint density at radius 1 is 1.08 bits per heavy atom. The predicted molar refractivity (Wildman–Crippen MR) is 83.7 cm³/mol. The molecule has 2 aliphatic heterocycles. The van der Waals surface area contributed by atoms with Crippen molar-refractivity contribution in [2.45, 2.75) is 19.0 Å². The lowest BCUT2D eigenvalue weighted by Crippen LogP contribution is -2.54. The van der Waals surface area contributed by atoms with Gasteiger partial charge in [-0.15, -0.1) is 0 Å². The highest BCUT2D eigenvalue weighted by Gasteiger charge is 2.49. The second kappa shape index (κ2) is 6.22. The fraction of sp³-hybridized carbons (Fsp3) is 0.625. The minimum atomic E-state index is -4.34. The van der Waals surface area contributed by atoms with Crippen molar-refractivity contribution in [1.29, 1.82) is 0 Å². The number of ether oxygens (including phenoxy) is 1. The lowest BCUT2D eigenvalue weighted by molar-refractivity contribution is -0.137. The van der Waals surface area contributed by atoms with Crippen molar-refractivity contribution >= 4 is 9.84 Å². The van der Waals surface area contributed by atoms with Gasteiger partial charge in [-0.2, -0.15) is 13.2 Å². The van der Waals surface area contributed by atoms with Crippen molar-refractivity contribution in [1.82, 2.24) is 4.90 Å². The van der Waals surface area contributed by atoms with Crippen LogP contribution in [0.2, 0.25) is 0 Å². The molecule has 2 fully saturated rings. The molecule has 0 aliphatic carbocycles. The van der Waals surface area contributed by atoms with Gasteiger partial charge in [-0.05, 0) is 50.2 Å². The Kier molecular flexibility index (Phi) is 4.55. The van der Waals surface area contributed by atoms with Gasteiger partial charge in [0.1, 0.15) is 12.4 Å². The first kappa shape index (κ1) is 17.5. The Balaban J connectivity index is 1.40. The summed E-state index contributed by atoms with van der Waals surface area (Å²) in [5, 5.41) is 0. The molecule has 0 aromatic heterocycles. The van der Waals surface area contributed by atoms with E-state index < -0.39 is 21.6 Å². The van der Waals surface area contributed by atoms with Gasteiger partial charge in [0.2, 0.25) is 0 Å². The average molecular weight is 363 g/mol. The smallest absolute Gasteiger partial charge is 0.416 e. The molecule has 0 saturated carbocycles. The average Bonchev–Trinajstić information content (AvgIpc) is 2.47. The van der Waals surface area contributed by atoms with Crippen LogP contribution in [-0.4, -0.2) is 51.1 Å². The Hall–Kier alpha value is -1.28. The maximum atomic E-state index is 12.5. The molecule has 0 radical (unpaired) electrons. The van der Waals surface area contributed by atoms with E-state index in [-0.39, 0.29) is 5.41 Å². The van der Waals surface area contributed by atoms with Gasteiger partial charge in [0.05, 0.1) is 17.1 Å². The van der Waals surface area contributed by atoms with Crippen molar-refractivity contribution in [3.63, 3.8) is 0 Å². The molecule has 2 heterocycles. The summed E-state index contributed by atoms with van der Waals surface area (Å²) in [5.74, 6) is 1.05. The number of halogens is 3. The summed E-state index contributed by atoms with van der Waals surface area (Å²) in [6.45, 7) is 2.76. The molecule has 2 aliphatic rings. The van der Waals surface area contributed by atoms with E-state index in [1.807, 2.05) is 0 Å². The molecule has 1 aromatic carbocycles. The minimum absolute atomic E-state index is 0.0103. The first-order valence-corrected chi connectivity index (χ1v) is 9.73. The van der Waals surface area contributed by atoms with E-state index >= 15 is 0 Å². The first-order valence-electron chi connectivity index (χ1n) is 7.90. The van der Waals surface area contributed by atoms with Gasteiger partial charge >= 0.3 is 6.18 Å². The van der Waals surface area contributed by atoms with Gasteiger partial charge in [-0.25, -0.2) is 8.42 Å². The van der Waals surface area contributed by atoms with E-state index in [4.69, 9.17) is 4.74 Å². The summed E-state index contributed by atoms with van der Waals surface area (Å²) >= 11 is 0. The van der Waals surface area contributed by atoms with Crippen LogP contribution in [0.15, 0.2) is 24.3 Å². The van der Waals surface area contributed by atoms with Crippen LogP contribution < -0.4 is 4.74 Å². The number of benzene rings is 1. The van der Waals surface area contributed by atoms with Gasteiger partial charge in [0.25, 0.3) is 0 Å². The third-order valence-corrected chi connectivity index (χ3v) is 6.93. The number of sulfone groups is 1. The maximum absolute atomic E-state index is 12.5. The van der Waals surface area contributed by atoms with E-state index in [1.165, 1.54) is 12.1 Å². The van der Waals surface area contributed by atoms with Gasteiger partial charge < -0.3 is 4.74 Å². The number of rotatable bonds is 4. The van der Waals surface area contributed by atoms with Crippen LogP contribution in [0.4, 0.5) is 13.2 Å². The molecule has 0 atom stereocenters. The van der Waals surface area contributed by atoms with Crippen LogP contribution in [0.1, 0.15) is 18.4 Å². The molecule has 0 N–H and O–H groups in total. The number of piperidine rings is 1. The molecule has 8 heteroatoms. The van der Waals surface area contributed by atoms with Crippen LogP contribution in [0.25, 0.3) is 0 Å². The zero-order valence-electron chi connectivity index (χ0n) is 13.2. The molecule has 134 valence electrons. The quantitative estimate of drug-likeness (QED) is 0.825. The molecule has 1 aromatic rings. The van der Waals surface area contributed by atoms with Crippen molar-refractivity contribution in [2.75, 3.05) is 37.7 Å². The molecular weight excluding hydrogens is 343 g/mol. The first-order chi connectivity index (χ1) is 11.2. The van der Waals surface area contributed by atoms with Crippen LogP contribution >= 0.6 is 0 Å². The van der Waals surface area contributed by atoms with E-state index in [0.717, 1.165) is 38.1 Å². The van der Waals surface area contributed by atoms with Crippen LogP contribution in [-0.2, 0) is 16.0 Å². The Bertz CT molecular complexity index is 664. The molecule has 4 nitrogen and oxygen atoms in total.